The molecule has 1 aliphatic heterocycles. The van der Waals surface area contributed by atoms with E-state index in [0.29, 0.717) is 17.8 Å². The number of nitrogens with one attached hydrogen (secondary N) is 2. The third kappa shape index (κ3) is 6.18. The lowest BCUT2D eigenvalue weighted by Crippen LogP contribution is -2.41. The highest BCUT2D eigenvalue weighted by atomic mass is 32.2. The first kappa shape index (κ1) is 19.5. The third-order valence-corrected chi connectivity index (χ3v) is 4.45. The molecule has 0 atom stereocenters. The highest BCUT2D eigenvalue weighted by Gasteiger charge is 2.16. The first-order chi connectivity index (χ1) is 11.8. The minimum atomic E-state index is -3.40. The minimum absolute atomic E-state index is 0.228. The standard InChI is InChI=1S/C16H26N4O4S/c1-19(2)15-5-4-13(18-25(3,22)23)12-14(15)16(21)17-6-7-20-8-10-24-11-9-20/h4-5,12,18H,6-11H2,1-3H3,(H,17,21). The van der Waals surface area contributed by atoms with E-state index in [1.54, 1.807) is 18.2 Å². The van der Waals surface area contributed by atoms with Gasteiger partial charge in [-0.25, -0.2) is 8.42 Å². The molecule has 0 radical (unpaired) electrons. The summed E-state index contributed by atoms with van der Waals surface area (Å²) in [7, 11) is 0.276. The number of carbonyl (C=O) groups is 1. The van der Waals surface area contributed by atoms with Gasteiger partial charge in [-0.05, 0) is 18.2 Å². The average Bonchev–Trinajstić information content (AvgIpc) is 2.54. The van der Waals surface area contributed by atoms with Crippen LogP contribution >= 0.6 is 0 Å². The molecule has 9 heteroatoms. The van der Waals surface area contributed by atoms with Crippen LogP contribution in [0.2, 0.25) is 0 Å². The number of amides is 1. The summed E-state index contributed by atoms with van der Waals surface area (Å²) >= 11 is 0. The lowest BCUT2D eigenvalue weighted by molar-refractivity contribution is 0.0383. The number of hydrogen-bond donors (Lipinski definition) is 2. The Labute approximate surface area is 149 Å². The molecule has 0 aliphatic carbocycles. The largest absolute Gasteiger partial charge is 0.379 e. The minimum Gasteiger partial charge on any atom is -0.379 e. The van der Waals surface area contributed by atoms with Gasteiger partial charge in [-0.3, -0.25) is 14.4 Å². The maximum Gasteiger partial charge on any atom is 0.253 e. The predicted octanol–water partition coefficient (Wildman–Crippen LogP) is 0.186. The van der Waals surface area contributed by atoms with Gasteiger partial charge in [-0.1, -0.05) is 0 Å². The highest BCUT2D eigenvalue weighted by molar-refractivity contribution is 7.92. The number of sulfonamides is 1. The summed E-state index contributed by atoms with van der Waals surface area (Å²) in [5, 5.41) is 2.91. The van der Waals surface area contributed by atoms with Gasteiger partial charge in [0.05, 0.1) is 25.0 Å². The van der Waals surface area contributed by atoms with Gasteiger partial charge in [0.15, 0.2) is 0 Å². The molecule has 2 rings (SSSR count). The van der Waals surface area contributed by atoms with Crippen LogP contribution in [0.15, 0.2) is 18.2 Å². The van der Waals surface area contributed by atoms with Gasteiger partial charge in [-0.2, -0.15) is 0 Å². The van der Waals surface area contributed by atoms with E-state index in [0.717, 1.165) is 44.8 Å². The fourth-order valence-electron chi connectivity index (χ4n) is 2.63. The molecule has 0 spiro atoms. The number of ether oxygens (including phenoxy) is 1. The summed E-state index contributed by atoms with van der Waals surface area (Å²) in [5.74, 6) is -0.228. The Balaban J connectivity index is 2.05. The Kier molecular flexibility index (Phi) is 6.63. The molecule has 0 unspecified atom stereocenters. The summed E-state index contributed by atoms with van der Waals surface area (Å²) < 4.78 is 30.5. The number of hydrogen-bond acceptors (Lipinski definition) is 6. The summed E-state index contributed by atoms with van der Waals surface area (Å²) in [4.78, 5) is 16.6. The fourth-order valence-corrected chi connectivity index (χ4v) is 3.19. The molecule has 1 aromatic rings. The zero-order valence-corrected chi connectivity index (χ0v) is 15.7. The van der Waals surface area contributed by atoms with E-state index in [1.165, 1.54) is 0 Å². The van der Waals surface area contributed by atoms with E-state index in [4.69, 9.17) is 4.74 Å². The molecule has 1 heterocycles. The van der Waals surface area contributed by atoms with Gasteiger partial charge in [0.2, 0.25) is 10.0 Å². The highest BCUT2D eigenvalue weighted by Crippen LogP contribution is 2.23. The van der Waals surface area contributed by atoms with Crippen molar-refractivity contribution in [3.05, 3.63) is 23.8 Å². The average molecular weight is 370 g/mol. The van der Waals surface area contributed by atoms with Crippen LogP contribution in [0.3, 0.4) is 0 Å². The fraction of sp³-hybridized carbons (Fsp3) is 0.562. The summed E-state index contributed by atoms with van der Waals surface area (Å²) in [5.41, 5.74) is 1.52. The molecule has 8 nitrogen and oxygen atoms in total. The second-order valence-electron chi connectivity index (χ2n) is 6.21. The van der Waals surface area contributed by atoms with Crippen molar-refractivity contribution in [2.75, 3.05) is 69.4 Å². The van der Waals surface area contributed by atoms with Gasteiger partial charge < -0.3 is 15.0 Å². The third-order valence-electron chi connectivity index (χ3n) is 3.84. The van der Waals surface area contributed by atoms with Crippen molar-refractivity contribution in [3.8, 4) is 0 Å². The number of carbonyl (C=O) groups excluding carboxylic acids is 1. The Bertz CT molecular complexity index is 700. The Morgan fingerprint density at radius 1 is 1.28 bits per heavy atom. The van der Waals surface area contributed by atoms with E-state index in [1.807, 2.05) is 19.0 Å². The molecular weight excluding hydrogens is 344 g/mol. The summed E-state index contributed by atoms with van der Waals surface area (Å²) in [6, 6.07) is 4.92. The number of rotatable bonds is 7. The monoisotopic (exact) mass is 370 g/mol. The molecule has 1 aliphatic rings. The van der Waals surface area contributed by atoms with Crippen LogP contribution in [-0.2, 0) is 14.8 Å². The molecule has 1 amide bonds. The van der Waals surface area contributed by atoms with Crippen LogP contribution in [0, 0.1) is 0 Å². The molecule has 25 heavy (non-hydrogen) atoms. The van der Waals surface area contributed by atoms with Gasteiger partial charge >= 0.3 is 0 Å². The van der Waals surface area contributed by atoms with Crippen LogP contribution in [0.25, 0.3) is 0 Å². The molecule has 140 valence electrons. The quantitative estimate of drug-likeness (QED) is 0.712. The van der Waals surface area contributed by atoms with E-state index >= 15 is 0 Å². The Morgan fingerprint density at radius 3 is 2.56 bits per heavy atom. The van der Waals surface area contributed by atoms with Crippen LogP contribution in [0.1, 0.15) is 10.4 Å². The molecule has 1 aromatic carbocycles. The number of anilines is 2. The summed E-state index contributed by atoms with van der Waals surface area (Å²) in [6.45, 7) is 4.46. The Morgan fingerprint density at radius 2 is 1.96 bits per heavy atom. The lowest BCUT2D eigenvalue weighted by Gasteiger charge is -2.26. The van der Waals surface area contributed by atoms with E-state index in [2.05, 4.69) is 14.9 Å². The van der Waals surface area contributed by atoms with Crippen LogP contribution < -0.4 is 14.9 Å². The second kappa shape index (κ2) is 8.50. The smallest absolute Gasteiger partial charge is 0.253 e. The van der Waals surface area contributed by atoms with Crippen molar-refractivity contribution in [1.82, 2.24) is 10.2 Å². The SMILES string of the molecule is CN(C)c1ccc(NS(C)(=O)=O)cc1C(=O)NCCN1CCOCC1. The van der Waals surface area contributed by atoms with Crippen molar-refractivity contribution in [1.29, 1.82) is 0 Å². The molecular formula is C16H26N4O4S. The van der Waals surface area contributed by atoms with Crippen LogP contribution in [0.4, 0.5) is 11.4 Å². The summed E-state index contributed by atoms with van der Waals surface area (Å²) in [6.07, 6.45) is 1.08. The first-order valence-corrected chi connectivity index (χ1v) is 10.0. The number of benzene rings is 1. The second-order valence-corrected chi connectivity index (χ2v) is 7.96. The Hall–Kier alpha value is -1.84. The van der Waals surface area contributed by atoms with Crippen molar-refractivity contribution in [2.45, 2.75) is 0 Å². The molecule has 0 aromatic heterocycles. The molecule has 2 N–H and O–H groups in total. The topological polar surface area (TPSA) is 91.0 Å². The normalized spacial score (nSPS) is 15.6. The van der Waals surface area contributed by atoms with Crippen molar-refractivity contribution in [2.24, 2.45) is 0 Å². The number of nitrogens with zero attached hydrogens (tertiary/aromatic N) is 2. The molecule has 0 saturated carbocycles. The maximum atomic E-state index is 12.6. The maximum absolute atomic E-state index is 12.6. The van der Waals surface area contributed by atoms with E-state index in [-0.39, 0.29) is 5.91 Å². The van der Waals surface area contributed by atoms with Crippen LogP contribution in [0.5, 0.6) is 0 Å². The number of morpholine rings is 1. The van der Waals surface area contributed by atoms with Gasteiger partial charge in [-0.15, -0.1) is 0 Å². The van der Waals surface area contributed by atoms with Crippen molar-refractivity contribution in [3.63, 3.8) is 0 Å². The zero-order chi connectivity index (χ0) is 18.4. The van der Waals surface area contributed by atoms with Crippen molar-refractivity contribution >= 4 is 27.3 Å². The molecule has 1 fully saturated rings. The van der Waals surface area contributed by atoms with Gasteiger partial charge in [0.25, 0.3) is 5.91 Å². The first-order valence-electron chi connectivity index (χ1n) is 8.14. The van der Waals surface area contributed by atoms with Gasteiger partial charge in [0.1, 0.15) is 0 Å². The van der Waals surface area contributed by atoms with Gasteiger partial charge in [0, 0.05) is 51.6 Å². The zero-order valence-electron chi connectivity index (χ0n) is 14.9. The van der Waals surface area contributed by atoms with E-state index in [9.17, 15) is 13.2 Å². The molecule has 0 bridgehead atoms. The van der Waals surface area contributed by atoms with Crippen molar-refractivity contribution < 1.29 is 17.9 Å². The lowest BCUT2D eigenvalue weighted by atomic mass is 10.1. The van der Waals surface area contributed by atoms with Crippen LogP contribution in [-0.4, -0.2) is 79.0 Å². The molecule has 1 saturated heterocycles. The predicted molar refractivity (Wildman–Crippen MR) is 98.8 cm³/mol. The van der Waals surface area contributed by atoms with E-state index < -0.39 is 10.0 Å².